The van der Waals surface area contributed by atoms with Gasteiger partial charge in [0.05, 0.1) is 17.7 Å². The van der Waals surface area contributed by atoms with Crippen molar-refractivity contribution in [2.24, 2.45) is 10.6 Å². The van der Waals surface area contributed by atoms with Crippen LogP contribution in [0.4, 0.5) is 5.69 Å². The van der Waals surface area contributed by atoms with Crippen LogP contribution in [-0.2, 0) is 10.0 Å². The fraction of sp³-hybridized carbons (Fsp3) is 0.571. The van der Waals surface area contributed by atoms with E-state index in [9.17, 15) is 8.42 Å². The quantitative estimate of drug-likeness (QED) is 0.885. The van der Waals surface area contributed by atoms with Crippen molar-refractivity contribution in [3.63, 3.8) is 0 Å². The lowest BCUT2D eigenvalue weighted by molar-refractivity contribution is 0.304. The summed E-state index contributed by atoms with van der Waals surface area (Å²) in [6, 6.07) is 4.88. The highest BCUT2D eigenvalue weighted by Gasteiger charge is 2.33. The van der Waals surface area contributed by atoms with Crippen molar-refractivity contribution in [1.82, 2.24) is 0 Å². The van der Waals surface area contributed by atoms with Gasteiger partial charge < -0.3 is 10.1 Å². The van der Waals surface area contributed by atoms with Crippen molar-refractivity contribution in [1.29, 1.82) is 0 Å². The van der Waals surface area contributed by atoms with Gasteiger partial charge in [-0.3, -0.25) is 0 Å². The van der Waals surface area contributed by atoms with Gasteiger partial charge in [-0.2, -0.15) is 11.8 Å². The summed E-state index contributed by atoms with van der Waals surface area (Å²) in [6.45, 7) is 4.45. The number of nitrogens with two attached hydrogens (primary N) is 1. The molecular weight excluding hydrogens is 308 g/mol. The molecule has 1 atom stereocenters. The molecular formula is C14H22N2O3S2. The SMILES string of the molecule is COc1ccc(S(N)(=O)=O)cc1NC1CSCCC1(C)C. The van der Waals surface area contributed by atoms with Gasteiger partial charge in [0.25, 0.3) is 0 Å². The maximum absolute atomic E-state index is 11.5. The maximum Gasteiger partial charge on any atom is 0.238 e. The molecule has 1 aromatic carbocycles. The minimum Gasteiger partial charge on any atom is -0.495 e. The van der Waals surface area contributed by atoms with Crippen molar-refractivity contribution >= 4 is 27.5 Å². The molecule has 0 aliphatic carbocycles. The molecule has 118 valence electrons. The summed E-state index contributed by atoms with van der Waals surface area (Å²) in [5.74, 6) is 2.75. The highest BCUT2D eigenvalue weighted by molar-refractivity contribution is 7.99. The number of methoxy groups -OCH3 is 1. The van der Waals surface area contributed by atoms with Gasteiger partial charge in [-0.15, -0.1) is 0 Å². The predicted octanol–water partition coefficient (Wildman–Crippen LogP) is 2.29. The van der Waals surface area contributed by atoms with E-state index in [4.69, 9.17) is 9.88 Å². The molecule has 1 aliphatic heterocycles. The van der Waals surface area contributed by atoms with Gasteiger partial charge in [0, 0.05) is 11.8 Å². The average Bonchev–Trinajstić information content (AvgIpc) is 2.40. The minimum absolute atomic E-state index is 0.0899. The van der Waals surface area contributed by atoms with Gasteiger partial charge in [0.15, 0.2) is 0 Å². The predicted molar refractivity (Wildman–Crippen MR) is 87.5 cm³/mol. The first-order valence-electron chi connectivity index (χ1n) is 6.79. The van der Waals surface area contributed by atoms with Crippen molar-refractivity contribution in [3.8, 4) is 5.75 Å². The summed E-state index contributed by atoms with van der Waals surface area (Å²) in [5, 5.41) is 8.64. The first-order valence-corrected chi connectivity index (χ1v) is 9.49. The number of sulfonamides is 1. The molecule has 3 N–H and O–H groups in total. The molecule has 0 spiro atoms. The number of benzene rings is 1. The number of anilines is 1. The van der Waals surface area contributed by atoms with Crippen LogP contribution in [0.1, 0.15) is 20.3 Å². The Bertz CT molecular complexity index is 615. The number of nitrogens with one attached hydrogen (secondary N) is 1. The second kappa shape index (κ2) is 6.06. The Hall–Kier alpha value is -0.920. The normalized spacial score (nSPS) is 21.8. The van der Waals surface area contributed by atoms with Crippen LogP contribution in [-0.4, -0.2) is 33.1 Å². The van der Waals surface area contributed by atoms with Crippen LogP contribution >= 0.6 is 11.8 Å². The van der Waals surface area contributed by atoms with Crippen LogP contribution in [0, 0.1) is 5.41 Å². The maximum atomic E-state index is 11.5. The molecule has 5 nitrogen and oxygen atoms in total. The summed E-state index contributed by atoms with van der Waals surface area (Å²) >= 11 is 1.90. The first kappa shape index (κ1) is 16.5. The van der Waals surface area contributed by atoms with E-state index in [0.717, 1.165) is 17.9 Å². The van der Waals surface area contributed by atoms with Crippen molar-refractivity contribution in [2.45, 2.75) is 31.2 Å². The Kier molecular flexibility index (Phi) is 4.75. The Morgan fingerprint density at radius 2 is 2.14 bits per heavy atom. The lowest BCUT2D eigenvalue weighted by Gasteiger charge is -2.39. The third kappa shape index (κ3) is 3.84. The Morgan fingerprint density at radius 1 is 1.43 bits per heavy atom. The molecule has 1 fully saturated rings. The Labute approximate surface area is 130 Å². The highest BCUT2D eigenvalue weighted by atomic mass is 32.2. The number of hydrogen-bond acceptors (Lipinski definition) is 5. The van der Waals surface area contributed by atoms with Crippen LogP contribution < -0.4 is 15.2 Å². The molecule has 1 saturated heterocycles. The molecule has 0 radical (unpaired) electrons. The standard InChI is InChI=1S/C14H22N2O3S2/c1-14(2)6-7-20-9-13(14)16-11-8-10(21(15,17)18)4-5-12(11)19-3/h4-5,8,13,16H,6-7,9H2,1-3H3,(H2,15,17,18). The molecule has 7 heteroatoms. The first-order chi connectivity index (χ1) is 9.74. The third-order valence-corrected chi connectivity index (χ3v) is 5.92. The topological polar surface area (TPSA) is 81.4 Å². The van der Waals surface area contributed by atoms with E-state index in [1.165, 1.54) is 6.07 Å². The van der Waals surface area contributed by atoms with Gasteiger partial charge in [-0.25, -0.2) is 13.6 Å². The summed E-state index contributed by atoms with van der Waals surface area (Å²) in [7, 11) is -2.15. The average molecular weight is 330 g/mol. The van der Waals surface area contributed by atoms with Crippen LogP contribution in [0.3, 0.4) is 0 Å². The fourth-order valence-electron chi connectivity index (χ4n) is 2.34. The lowest BCUT2D eigenvalue weighted by atomic mass is 9.82. The van der Waals surface area contributed by atoms with Crippen molar-refractivity contribution in [3.05, 3.63) is 18.2 Å². The molecule has 2 rings (SSSR count). The molecule has 1 aliphatic rings. The number of ether oxygens (including phenoxy) is 1. The largest absolute Gasteiger partial charge is 0.495 e. The number of thioether (sulfide) groups is 1. The van der Waals surface area contributed by atoms with Crippen LogP contribution in [0.5, 0.6) is 5.75 Å². The number of primary sulfonamides is 1. The zero-order valence-corrected chi connectivity index (χ0v) is 14.2. The second-order valence-electron chi connectivity index (χ2n) is 5.92. The van der Waals surface area contributed by atoms with E-state index >= 15 is 0 Å². The number of hydrogen-bond donors (Lipinski definition) is 2. The van der Waals surface area contributed by atoms with Gasteiger partial charge in [-0.1, -0.05) is 13.8 Å². The molecule has 0 bridgehead atoms. The van der Waals surface area contributed by atoms with E-state index in [0.29, 0.717) is 11.4 Å². The summed E-state index contributed by atoms with van der Waals surface area (Å²) in [6.07, 6.45) is 1.12. The van der Waals surface area contributed by atoms with Crippen molar-refractivity contribution < 1.29 is 13.2 Å². The smallest absolute Gasteiger partial charge is 0.238 e. The van der Waals surface area contributed by atoms with Gasteiger partial charge >= 0.3 is 0 Å². The summed E-state index contributed by atoms with van der Waals surface area (Å²) in [4.78, 5) is 0.0899. The molecule has 0 amide bonds. The Morgan fingerprint density at radius 3 is 2.71 bits per heavy atom. The lowest BCUT2D eigenvalue weighted by Crippen LogP contribution is -2.41. The zero-order valence-electron chi connectivity index (χ0n) is 12.5. The van der Waals surface area contributed by atoms with Crippen LogP contribution in [0.25, 0.3) is 0 Å². The molecule has 1 unspecified atom stereocenters. The van der Waals surface area contributed by atoms with Crippen LogP contribution in [0.15, 0.2) is 23.1 Å². The van der Waals surface area contributed by atoms with E-state index in [-0.39, 0.29) is 16.4 Å². The van der Waals surface area contributed by atoms with Crippen molar-refractivity contribution in [2.75, 3.05) is 23.9 Å². The fourth-order valence-corrected chi connectivity index (χ4v) is 4.48. The molecule has 1 aromatic rings. The monoisotopic (exact) mass is 330 g/mol. The molecule has 0 aromatic heterocycles. The van der Waals surface area contributed by atoms with E-state index < -0.39 is 10.0 Å². The third-order valence-electron chi connectivity index (χ3n) is 3.95. The summed E-state index contributed by atoms with van der Waals surface area (Å²) < 4.78 is 28.3. The van der Waals surface area contributed by atoms with Gasteiger partial charge in [-0.05, 0) is 35.8 Å². The molecule has 0 saturated carbocycles. The van der Waals surface area contributed by atoms with E-state index in [2.05, 4.69) is 19.2 Å². The zero-order chi connectivity index (χ0) is 15.7. The van der Waals surface area contributed by atoms with E-state index in [1.807, 2.05) is 11.8 Å². The van der Waals surface area contributed by atoms with Crippen LogP contribution in [0.2, 0.25) is 0 Å². The highest BCUT2D eigenvalue weighted by Crippen LogP contribution is 2.38. The van der Waals surface area contributed by atoms with Gasteiger partial charge in [0.2, 0.25) is 10.0 Å². The van der Waals surface area contributed by atoms with E-state index in [1.54, 1.807) is 19.2 Å². The number of rotatable bonds is 4. The minimum atomic E-state index is -3.72. The molecule has 21 heavy (non-hydrogen) atoms. The molecule has 1 heterocycles. The Balaban J connectivity index is 2.33. The second-order valence-corrected chi connectivity index (χ2v) is 8.63. The van der Waals surface area contributed by atoms with Gasteiger partial charge in [0.1, 0.15) is 5.75 Å². The summed E-state index contributed by atoms with van der Waals surface area (Å²) in [5.41, 5.74) is 0.818.